The van der Waals surface area contributed by atoms with E-state index in [0.29, 0.717) is 6.42 Å². The molecule has 0 aliphatic rings. The fourth-order valence-electron chi connectivity index (χ4n) is 0.728. The summed E-state index contributed by atoms with van der Waals surface area (Å²) in [4.78, 5) is 28.1. The second-order valence-corrected chi connectivity index (χ2v) is 4.47. The van der Waals surface area contributed by atoms with Crippen LogP contribution in [0.4, 0.5) is 0 Å². The van der Waals surface area contributed by atoms with Crippen molar-refractivity contribution in [2.24, 2.45) is 5.92 Å². The normalized spacial score (nSPS) is 12.9. The second kappa shape index (κ2) is 5.18. The van der Waals surface area contributed by atoms with Gasteiger partial charge in [0.15, 0.2) is 0 Å². The number of carbonyl (C=O) groups excluding carboxylic acids is 1. The van der Waals surface area contributed by atoms with E-state index in [0.717, 1.165) is 0 Å². The van der Waals surface area contributed by atoms with E-state index in [1.165, 1.54) is 0 Å². The highest BCUT2D eigenvalue weighted by molar-refractivity contribution is 7.52. The molecule has 0 radical (unpaired) electrons. The highest BCUT2D eigenvalue weighted by Gasteiger charge is 2.22. The molecule has 2 N–H and O–H groups in total. The minimum absolute atomic E-state index is 0.356. The van der Waals surface area contributed by atoms with E-state index in [2.05, 4.69) is 11.8 Å². The first-order chi connectivity index (χ1) is 5.87. The van der Waals surface area contributed by atoms with E-state index in [1.807, 2.05) is 0 Å². The van der Waals surface area contributed by atoms with E-state index >= 15 is 0 Å². The number of hydrogen-bond acceptors (Lipinski definition) is 2. The third-order valence-corrected chi connectivity index (χ3v) is 2.22. The molecule has 0 bridgehead atoms. The third-order valence-electron chi connectivity index (χ3n) is 1.50. The maximum absolute atomic E-state index is 11.1. The molecule has 0 rings (SSSR count). The predicted octanol–water partition coefficient (Wildman–Crippen LogP) is 0.783. The minimum atomic E-state index is -4.21. The molecule has 0 amide bonds. The van der Waals surface area contributed by atoms with E-state index in [9.17, 15) is 9.36 Å². The first-order valence-electron chi connectivity index (χ1n) is 3.83. The summed E-state index contributed by atoms with van der Waals surface area (Å²) in [7, 11) is -4.21. The van der Waals surface area contributed by atoms with Gasteiger partial charge in [0.2, 0.25) is 0 Å². The van der Waals surface area contributed by atoms with Gasteiger partial charge in [0, 0.05) is 12.3 Å². The smallest absolute Gasteiger partial charge is 0.324 e. The average molecular weight is 204 g/mol. The van der Waals surface area contributed by atoms with Gasteiger partial charge in [-0.25, -0.2) is 0 Å². The lowest BCUT2D eigenvalue weighted by Gasteiger charge is -2.07. The molecule has 0 aliphatic heterocycles. The highest BCUT2D eigenvalue weighted by atomic mass is 31.2. The van der Waals surface area contributed by atoms with Crippen molar-refractivity contribution < 1.29 is 19.1 Å². The fraction of sp³-hybridized carbons (Fsp3) is 0.625. The molecule has 4 nitrogen and oxygen atoms in total. The predicted molar refractivity (Wildman–Crippen MR) is 49.1 cm³/mol. The maximum atomic E-state index is 11.1. The maximum Gasteiger partial charge on any atom is 0.332 e. The molecule has 13 heavy (non-hydrogen) atoms. The summed E-state index contributed by atoms with van der Waals surface area (Å²) in [5, 5.41) is 0. The molecule has 5 heteroatoms. The minimum Gasteiger partial charge on any atom is -0.324 e. The van der Waals surface area contributed by atoms with Crippen molar-refractivity contribution in [3.05, 3.63) is 0 Å². The Labute approximate surface area is 77.5 Å². The summed E-state index contributed by atoms with van der Waals surface area (Å²) in [5.41, 5.74) is 0. The van der Waals surface area contributed by atoms with Gasteiger partial charge in [-0.15, -0.1) is 11.8 Å². The Kier molecular flexibility index (Phi) is 4.94. The van der Waals surface area contributed by atoms with Crippen molar-refractivity contribution >= 4 is 13.4 Å². The summed E-state index contributed by atoms with van der Waals surface area (Å²) >= 11 is 0. The van der Waals surface area contributed by atoms with Crippen LogP contribution in [0.3, 0.4) is 0 Å². The molecule has 0 aromatic heterocycles. The van der Waals surface area contributed by atoms with E-state index in [-0.39, 0.29) is 0 Å². The van der Waals surface area contributed by atoms with E-state index in [1.54, 1.807) is 13.8 Å². The van der Waals surface area contributed by atoms with Crippen LogP contribution >= 0.6 is 7.60 Å². The first-order valence-corrected chi connectivity index (χ1v) is 5.63. The van der Waals surface area contributed by atoms with Gasteiger partial charge in [-0.1, -0.05) is 6.92 Å². The van der Waals surface area contributed by atoms with Crippen molar-refractivity contribution in [2.75, 3.05) is 6.16 Å². The lowest BCUT2D eigenvalue weighted by atomic mass is 10.0. The van der Waals surface area contributed by atoms with Gasteiger partial charge in [0.05, 0.1) is 0 Å². The third kappa shape index (κ3) is 6.53. The number of Topliss-reactive ketones (excluding diaryl/α,β-unsaturated/α-hetero) is 1. The number of carbonyl (C=O) groups is 1. The first kappa shape index (κ1) is 12.4. The molecule has 1 atom stereocenters. The summed E-state index contributed by atoms with van der Waals surface area (Å²) in [6, 6.07) is 0. The fourth-order valence-corrected chi connectivity index (χ4v) is 1.45. The van der Waals surface area contributed by atoms with Crippen LogP contribution in [0.1, 0.15) is 20.3 Å². The lowest BCUT2D eigenvalue weighted by Crippen LogP contribution is -2.14. The zero-order valence-electron chi connectivity index (χ0n) is 7.65. The molecule has 0 spiro atoms. The summed E-state index contributed by atoms with van der Waals surface area (Å²) in [5.74, 6) is 4.47. The van der Waals surface area contributed by atoms with Gasteiger partial charge in [0.25, 0.3) is 0 Å². The van der Waals surface area contributed by atoms with Crippen LogP contribution in [-0.2, 0) is 9.36 Å². The largest absolute Gasteiger partial charge is 0.332 e. The van der Waals surface area contributed by atoms with Gasteiger partial charge >= 0.3 is 7.60 Å². The van der Waals surface area contributed by atoms with Crippen LogP contribution < -0.4 is 0 Å². The lowest BCUT2D eigenvalue weighted by molar-refractivity contribution is -0.119. The Hall–Kier alpha value is -0.620. The number of hydrogen-bond donors (Lipinski definition) is 2. The Morgan fingerprint density at radius 3 is 2.46 bits per heavy atom. The van der Waals surface area contributed by atoms with Crippen molar-refractivity contribution in [1.29, 1.82) is 0 Å². The quantitative estimate of drug-likeness (QED) is 0.524. The van der Waals surface area contributed by atoms with Crippen LogP contribution in [-0.4, -0.2) is 21.7 Å². The van der Waals surface area contributed by atoms with E-state index < -0.39 is 25.5 Å². The topological polar surface area (TPSA) is 74.6 Å². The summed E-state index contributed by atoms with van der Waals surface area (Å²) in [6.07, 6.45) is -0.325. The Bertz CT molecular complexity index is 280. The van der Waals surface area contributed by atoms with Gasteiger partial charge in [-0.2, -0.15) is 0 Å². The average Bonchev–Trinajstić information content (AvgIpc) is 1.96. The van der Waals surface area contributed by atoms with Gasteiger partial charge in [-0.3, -0.25) is 9.36 Å². The van der Waals surface area contributed by atoms with Crippen LogP contribution in [0.15, 0.2) is 0 Å². The zero-order chi connectivity index (χ0) is 10.5. The standard InChI is InChI=1S/C8H13O4P/c1-3-4-5-7(2)8(9)6-13(10,11)12/h7H,5-6H2,1-2H3,(H2,10,11,12). The Balaban J connectivity index is 4.10. The molecule has 0 aliphatic carbocycles. The highest BCUT2D eigenvalue weighted by Crippen LogP contribution is 2.34. The van der Waals surface area contributed by atoms with Crippen LogP contribution in [0.2, 0.25) is 0 Å². The van der Waals surface area contributed by atoms with Crippen LogP contribution in [0.5, 0.6) is 0 Å². The zero-order valence-corrected chi connectivity index (χ0v) is 8.54. The molecular weight excluding hydrogens is 191 g/mol. The van der Waals surface area contributed by atoms with Crippen LogP contribution in [0.25, 0.3) is 0 Å². The second-order valence-electron chi connectivity index (χ2n) is 2.82. The number of rotatable bonds is 4. The summed E-state index contributed by atoms with van der Waals surface area (Å²) in [6.45, 7) is 3.27. The molecule has 0 aromatic carbocycles. The van der Waals surface area contributed by atoms with Crippen molar-refractivity contribution in [1.82, 2.24) is 0 Å². The molecule has 0 fully saturated rings. The number of ketones is 1. The van der Waals surface area contributed by atoms with Gasteiger partial charge in [-0.05, 0) is 6.92 Å². The van der Waals surface area contributed by atoms with Crippen molar-refractivity contribution in [2.45, 2.75) is 20.3 Å². The summed E-state index contributed by atoms with van der Waals surface area (Å²) < 4.78 is 10.5. The Morgan fingerprint density at radius 1 is 1.54 bits per heavy atom. The molecule has 0 saturated carbocycles. The Morgan fingerprint density at radius 2 is 2.08 bits per heavy atom. The molecular formula is C8H13O4P. The molecule has 0 heterocycles. The van der Waals surface area contributed by atoms with Crippen molar-refractivity contribution in [3.63, 3.8) is 0 Å². The van der Waals surface area contributed by atoms with Gasteiger partial charge in [0.1, 0.15) is 11.9 Å². The van der Waals surface area contributed by atoms with E-state index in [4.69, 9.17) is 9.79 Å². The molecule has 0 aromatic rings. The van der Waals surface area contributed by atoms with Crippen LogP contribution in [0, 0.1) is 17.8 Å². The molecule has 0 saturated heterocycles. The monoisotopic (exact) mass is 204 g/mol. The van der Waals surface area contributed by atoms with Gasteiger partial charge < -0.3 is 9.79 Å². The van der Waals surface area contributed by atoms with Crippen molar-refractivity contribution in [3.8, 4) is 11.8 Å². The molecule has 1 unspecified atom stereocenters. The SMILES string of the molecule is CC#CCC(C)C(=O)CP(=O)(O)O. The molecule has 74 valence electrons.